The van der Waals surface area contributed by atoms with E-state index < -0.39 is 9.84 Å². The van der Waals surface area contributed by atoms with Crippen LogP contribution in [0, 0.1) is 6.92 Å². The monoisotopic (exact) mass is 316 g/mol. The van der Waals surface area contributed by atoms with Gasteiger partial charge in [0, 0.05) is 10.4 Å². The van der Waals surface area contributed by atoms with Crippen molar-refractivity contribution in [2.75, 3.05) is 0 Å². The van der Waals surface area contributed by atoms with Crippen LogP contribution >= 0.6 is 11.6 Å². The first kappa shape index (κ1) is 14.1. The van der Waals surface area contributed by atoms with Crippen LogP contribution in [0.3, 0.4) is 0 Å². The van der Waals surface area contributed by atoms with Gasteiger partial charge in [-0.05, 0) is 42.6 Å². The number of rotatable bonds is 2. The largest absolute Gasteiger partial charge is 0.219 e. The number of aryl methyl sites for hydroxylation is 1. The van der Waals surface area contributed by atoms with Gasteiger partial charge in [-0.2, -0.15) is 0 Å². The zero-order valence-electron chi connectivity index (χ0n) is 11.4. The summed E-state index contributed by atoms with van der Waals surface area (Å²) in [6.45, 7) is 1.93. The highest BCUT2D eigenvalue weighted by Crippen LogP contribution is 2.28. The molecule has 3 aromatic rings. The number of sulfone groups is 1. The lowest BCUT2D eigenvalue weighted by Crippen LogP contribution is -2.01. The Kier molecular flexibility index (Phi) is 3.47. The molecule has 0 spiro atoms. The molecule has 0 N–H and O–H groups in total. The molecule has 3 rings (SSSR count). The van der Waals surface area contributed by atoms with Gasteiger partial charge in [-0.3, -0.25) is 0 Å². The van der Waals surface area contributed by atoms with Gasteiger partial charge >= 0.3 is 0 Å². The second-order valence-corrected chi connectivity index (χ2v) is 7.30. The first-order valence-electron chi connectivity index (χ1n) is 6.48. The summed E-state index contributed by atoms with van der Waals surface area (Å²) >= 11 is 6.11. The fourth-order valence-corrected chi connectivity index (χ4v) is 3.78. The second kappa shape index (κ2) is 5.17. The van der Waals surface area contributed by atoms with Crippen molar-refractivity contribution in [1.29, 1.82) is 0 Å². The molecule has 0 heterocycles. The van der Waals surface area contributed by atoms with Gasteiger partial charge in [-0.1, -0.05) is 47.5 Å². The third-order valence-corrected chi connectivity index (χ3v) is 5.54. The van der Waals surface area contributed by atoms with E-state index in [1.807, 2.05) is 19.1 Å². The SMILES string of the molecule is Cc1ccc(S(=O)(=O)c2ccc3c(Cl)cccc3c2)cc1. The van der Waals surface area contributed by atoms with Gasteiger partial charge in [-0.25, -0.2) is 8.42 Å². The molecule has 0 radical (unpaired) electrons. The van der Waals surface area contributed by atoms with E-state index in [-0.39, 0.29) is 4.90 Å². The third kappa shape index (κ3) is 2.55. The molecule has 21 heavy (non-hydrogen) atoms. The van der Waals surface area contributed by atoms with E-state index in [1.165, 1.54) is 0 Å². The molecule has 0 aromatic heterocycles. The molecule has 2 nitrogen and oxygen atoms in total. The van der Waals surface area contributed by atoms with Crippen molar-refractivity contribution in [3.63, 3.8) is 0 Å². The minimum atomic E-state index is -3.50. The molecule has 0 atom stereocenters. The van der Waals surface area contributed by atoms with E-state index in [4.69, 9.17) is 11.6 Å². The molecule has 0 aliphatic rings. The van der Waals surface area contributed by atoms with Crippen LogP contribution in [0.2, 0.25) is 5.02 Å². The van der Waals surface area contributed by atoms with Crippen molar-refractivity contribution in [2.24, 2.45) is 0 Å². The first-order chi connectivity index (χ1) is 9.98. The standard InChI is InChI=1S/C17H13ClO2S/c1-12-5-7-14(8-6-12)21(19,20)15-9-10-16-13(11-15)3-2-4-17(16)18/h2-11H,1H3. The number of halogens is 1. The summed E-state index contributed by atoms with van der Waals surface area (Å²) in [6, 6.07) is 17.3. The van der Waals surface area contributed by atoms with Gasteiger partial charge < -0.3 is 0 Å². The van der Waals surface area contributed by atoms with Crippen molar-refractivity contribution in [3.8, 4) is 0 Å². The molecule has 0 saturated heterocycles. The lowest BCUT2D eigenvalue weighted by molar-refractivity contribution is 0.596. The maximum absolute atomic E-state index is 12.6. The molecule has 0 bridgehead atoms. The highest BCUT2D eigenvalue weighted by Gasteiger charge is 2.17. The molecule has 0 unspecified atom stereocenters. The zero-order valence-corrected chi connectivity index (χ0v) is 12.9. The highest BCUT2D eigenvalue weighted by atomic mass is 35.5. The predicted molar refractivity (Wildman–Crippen MR) is 85.6 cm³/mol. The molecular weight excluding hydrogens is 304 g/mol. The zero-order chi connectivity index (χ0) is 15.0. The molecule has 4 heteroatoms. The maximum atomic E-state index is 12.6. The number of hydrogen-bond donors (Lipinski definition) is 0. The topological polar surface area (TPSA) is 34.1 Å². The Morgan fingerprint density at radius 3 is 2.24 bits per heavy atom. The van der Waals surface area contributed by atoms with E-state index in [0.717, 1.165) is 16.3 Å². The van der Waals surface area contributed by atoms with Crippen LogP contribution in [0.1, 0.15) is 5.56 Å². The van der Waals surface area contributed by atoms with Crippen molar-refractivity contribution in [3.05, 3.63) is 71.2 Å². The van der Waals surface area contributed by atoms with E-state index in [9.17, 15) is 8.42 Å². The third-order valence-electron chi connectivity index (χ3n) is 3.44. The number of hydrogen-bond acceptors (Lipinski definition) is 2. The molecule has 0 amide bonds. The predicted octanol–water partition coefficient (Wildman–Crippen LogP) is 4.63. The summed E-state index contributed by atoms with van der Waals surface area (Å²) in [5.41, 5.74) is 1.03. The lowest BCUT2D eigenvalue weighted by Gasteiger charge is -2.07. The number of benzene rings is 3. The average molecular weight is 317 g/mol. The Morgan fingerprint density at radius 2 is 1.52 bits per heavy atom. The van der Waals surface area contributed by atoms with Gasteiger partial charge in [-0.15, -0.1) is 0 Å². The summed E-state index contributed by atoms with van der Waals surface area (Å²) in [5.74, 6) is 0. The first-order valence-corrected chi connectivity index (χ1v) is 8.35. The van der Waals surface area contributed by atoms with E-state index >= 15 is 0 Å². The molecule has 0 fully saturated rings. The van der Waals surface area contributed by atoms with Crippen molar-refractivity contribution in [1.82, 2.24) is 0 Å². The summed E-state index contributed by atoms with van der Waals surface area (Å²) in [7, 11) is -3.50. The Labute approximate surface area is 128 Å². The molecule has 0 aliphatic heterocycles. The number of fused-ring (bicyclic) bond motifs is 1. The fraction of sp³-hybridized carbons (Fsp3) is 0.0588. The van der Waals surface area contributed by atoms with Crippen molar-refractivity contribution in [2.45, 2.75) is 16.7 Å². The van der Waals surface area contributed by atoms with Crippen LogP contribution in [-0.4, -0.2) is 8.42 Å². The van der Waals surface area contributed by atoms with E-state index in [2.05, 4.69) is 0 Å². The van der Waals surface area contributed by atoms with Crippen LogP contribution in [0.5, 0.6) is 0 Å². The van der Waals surface area contributed by atoms with Crippen LogP contribution < -0.4 is 0 Å². The quantitative estimate of drug-likeness (QED) is 0.690. The summed E-state index contributed by atoms with van der Waals surface area (Å²) in [6.07, 6.45) is 0. The second-order valence-electron chi connectivity index (χ2n) is 4.94. The van der Waals surface area contributed by atoms with Crippen molar-refractivity contribution >= 4 is 32.2 Å². The van der Waals surface area contributed by atoms with E-state index in [0.29, 0.717) is 9.92 Å². The molecular formula is C17H13ClO2S. The summed E-state index contributed by atoms with van der Waals surface area (Å²) in [4.78, 5) is 0.579. The highest BCUT2D eigenvalue weighted by molar-refractivity contribution is 7.91. The lowest BCUT2D eigenvalue weighted by atomic mass is 10.1. The van der Waals surface area contributed by atoms with Gasteiger partial charge in [0.05, 0.1) is 9.79 Å². The Balaban J connectivity index is 2.17. The fourth-order valence-electron chi connectivity index (χ4n) is 2.24. The van der Waals surface area contributed by atoms with Crippen LogP contribution in [0.4, 0.5) is 0 Å². The Hall–Kier alpha value is -1.84. The van der Waals surface area contributed by atoms with E-state index in [1.54, 1.807) is 48.5 Å². The molecule has 0 saturated carbocycles. The maximum Gasteiger partial charge on any atom is 0.206 e. The minimum absolute atomic E-state index is 0.279. The van der Waals surface area contributed by atoms with Gasteiger partial charge in [0.25, 0.3) is 0 Å². The normalized spacial score (nSPS) is 11.7. The van der Waals surface area contributed by atoms with Gasteiger partial charge in [0.1, 0.15) is 0 Å². The van der Waals surface area contributed by atoms with Crippen molar-refractivity contribution < 1.29 is 8.42 Å². The minimum Gasteiger partial charge on any atom is -0.219 e. The van der Waals surface area contributed by atoms with Gasteiger partial charge in [0.15, 0.2) is 0 Å². The molecule has 106 valence electrons. The average Bonchev–Trinajstić information content (AvgIpc) is 2.47. The van der Waals surface area contributed by atoms with Crippen LogP contribution in [0.15, 0.2) is 70.5 Å². The summed E-state index contributed by atoms with van der Waals surface area (Å²) < 4.78 is 25.3. The van der Waals surface area contributed by atoms with Crippen LogP contribution in [0.25, 0.3) is 10.8 Å². The Bertz CT molecular complexity index is 913. The summed E-state index contributed by atoms with van der Waals surface area (Å²) in [5, 5.41) is 2.28. The Morgan fingerprint density at radius 1 is 0.857 bits per heavy atom. The molecule has 3 aromatic carbocycles. The van der Waals surface area contributed by atoms with Gasteiger partial charge in [0.2, 0.25) is 9.84 Å². The molecule has 0 aliphatic carbocycles. The smallest absolute Gasteiger partial charge is 0.206 e. The van der Waals surface area contributed by atoms with Crippen LogP contribution in [-0.2, 0) is 9.84 Å².